The summed E-state index contributed by atoms with van der Waals surface area (Å²) >= 11 is 1.41. The molecule has 2 aromatic rings. The molecule has 7 heteroatoms. The predicted octanol–water partition coefficient (Wildman–Crippen LogP) is 1.79. The minimum Gasteiger partial charge on any atom is -0.389 e. The standard InChI is InChI=1S/C15H20N4O2S/c1-9-14(22-10(2)17-9)15(21)18(3)11-4-5-12(13(11)20)19-7-6-16-8-19/h6-8,11-13,20H,4-5H2,1-3H3/t11-,12-,13-/m1/s1. The molecule has 3 atom stereocenters. The van der Waals surface area contributed by atoms with Gasteiger partial charge in [0.15, 0.2) is 0 Å². The Morgan fingerprint density at radius 3 is 2.82 bits per heavy atom. The molecule has 1 N–H and O–H groups in total. The van der Waals surface area contributed by atoms with Crippen molar-refractivity contribution in [2.75, 3.05) is 7.05 Å². The number of hydrogen-bond donors (Lipinski definition) is 1. The number of likely N-dealkylation sites (N-methyl/N-ethyl adjacent to an activating group) is 1. The Kier molecular flexibility index (Phi) is 4.01. The summed E-state index contributed by atoms with van der Waals surface area (Å²) < 4.78 is 1.92. The van der Waals surface area contributed by atoms with Gasteiger partial charge in [-0.05, 0) is 26.7 Å². The van der Waals surface area contributed by atoms with Gasteiger partial charge in [0.2, 0.25) is 0 Å². The summed E-state index contributed by atoms with van der Waals surface area (Å²) in [5, 5.41) is 11.5. The Morgan fingerprint density at radius 2 is 2.23 bits per heavy atom. The lowest BCUT2D eigenvalue weighted by Crippen LogP contribution is -2.43. The molecule has 118 valence electrons. The molecule has 0 unspecified atom stereocenters. The van der Waals surface area contributed by atoms with Gasteiger partial charge in [-0.1, -0.05) is 0 Å². The SMILES string of the molecule is Cc1nc(C)c(C(=O)N(C)[C@@H]2CC[C@@H](n3ccnc3)[C@@H]2O)s1. The maximum atomic E-state index is 12.7. The zero-order valence-electron chi connectivity index (χ0n) is 12.9. The van der Waals surface area contributed by atoms with E-state index in [0.717, 1.165) is 23.5 Å². The van der Waals surface area contributed by atoms with Crippen LogP contribution in [0, 0.1) is 13.8 Å². The van der Waals surface area contributed by atoms with E-state index >= 15 is 0 Å². The van der Waals surface area contributed by atoms with Crippen molar-refractivity contribution >= 4 is 17.2 Å². The average molecular weight is 320 g/mol. The summed E-state index contributed by atoms with van der Waals surface area (Å²) in [6, 6.07) is -0.200. The number of nitrogens with zero attached hydrogens (tertiary/aromatic N) is 4. The van der Waals surface area contributed by atoms with Crippen molar-refractivity contribution in [3.63, 3.8) is 0 Å². The molecule has 0 spiro atoms. The number of carbonyl (C=O) groups is 1. The molecule has 1 aliphatic rings. The molecule has 1 amide bonds. The fourth-order valence-corrected chi connectivity index (χ4v) is 4.10. The summed E-state index contributed by atoms with van der Waals surface area (Å²) in [6.07, 6.45) is 6.31. The molecule has 1 fully saturated rings. The number of hydrogen-bond acceptors (Lipinski definition) is 5. The molecule has 0 bridgehead atoms. The summed E-state index contributed by atoms with van der Waals surface area (Å²) in [5.74, 6) is -0.0570. The predicted molar refractivity (Wildman–Crippen MR) is 84.0 cm³/mol. The zero-order valence-corrected chi connectivity index (χ0v) is 13.7. The van der Waals surface area contributed by atoms with Gasteiger partial charge in [-0.2, -0.15) is 0 Å². The average Bonchev–Trinajstić information content (AvgIpc) is 3.18. The van der Waals surface area contributed by atoms with Gasteiger partial charge in [0.25, 0.3) is 5.91 Å². The van der Waals surface area contributed by atoms with Crippen molar-refractivity contribution in [1.29, 1.82) is 0 Å². The van der Waals surface area contributed by atoms with Crippen LogP contribution in [0.15, 0.2) is 18.7 Å². The first kappa shape index (κ1) is 15.2. The second-order valence-electron chi connectivity index (χ2n) is 5.78. The Hall–Kier alpha value is -1.73. The molecule has 22 heavy (non-hydrogen) atoms. The summed E-state index contributed by atoms with van der Waals surface area (Å²) in [5.41, 5.74) is 0.762. The number of aryl methyl sites for hydroxylation is 2. The van der Waals surface area contributed by atoms with E-state index in [1.54, 1.807) is 24.5 Å². The number of thiazole rings is 1. The Labute approximate surface area is 133 Å². The number of amides is 1. The van der Waals surface area contributed by atoms with Crippen LogP contribution in [-0.4, -0.2) is 49.6 Å². The molecule has 2 aromatic heterocycles. The highest BCUT2D eigenvalue weighted by atomic mass is 32.1. The number of aliphatic hydroxyl groups excluding tert-OH is 1. The molecule has 3 rings (SSSR count). The van der Waals surface area contributed by atoms with E-state index in [2.05, 4.69) is 9.97 Å². The van der Waals surface area contributed by atoms with Gasteiger partial charge in [0.05, 0.1) is 35.2 Å². The van der Waals surface area contributed by atoms with E-state index in [9.17, 15) is 9.90 Å². The second kappa shape index (κ2) is 5.81. The van der Waals surface area contributed by atoms with Crippen LogP contribution in [0.2, 0.25) is 0 Å². The van der Waals surface area contributed by atoms with Gasteiger partial charge in [-0.25, -0.2) is 9.97 Å². The number of aromatic nitrogens is 3. The van der Waals surface area contributed by atoms with Gasteiger partial charge in [-0.3, -0.25) is 4.79 Å². The molecular formula is C15H20N4O2S. The van der Waals surface area contributed by atoms with E-state index in [1.165, 1.54) is 11.3 Å². The van der Waals surface area contributed by atoms with Crippen molar-refractivity contribution in [2.45, 2.75) is 44.9 Å². The second-order valence-corrected chi connectivity index (χ2v) is 6.98. The molecule has 1 saturated carbocycles. The Morgan fingerprint density at radius 1 is 1.45 bits per heavy atom. The highest BCUT2D eigenvalue weighted by molar-refractivity contribution is 7.13. The molecule has 2 heterocycles. The smallest absolute Gasteiger partial charge is 0.265 e. The molecule has 6 nitrogen and oxygen atoms in total. The summed E-state index contributed by atoms with van der Waals surface area (Å²) in [4.78, 5) is 23.3. The van der Waals surface area contributed by atoms with Gasteiger partial charge in [-0.15, -0.1) is 11.3 Å². The normalized spacial score (nSPS) is 24.6. The lowest BCUT2D eigenvalue weighted by molar-refractivity contribution is 0.0446. The highest BCUT2D eigenvalue weighted by Crippen LogP contribution is 2.34. The van der Waals surface area contributed by atoms with Crippen molar-refractivity contribution in [1.82, 2.24) is 19.4 Å². The first-order chi connectivity index (χ1) is 10.5. The van der Waals surface area contributed by atoms with Crippen LogP contribution in [0.25, 0.3) is 0 Å². The number of aliphatic hydroxyl groups is 1. The van der Waals surface area contributed by atoms with Crippen LogP contribution in [0.5, 0.6) is 0 Å². The monoisotopic (exact) mass is 320 g/mol. The quantitative estimate of drug-likeness (QED) is 0.936. The van der Waals surface area contributed by atoms with E-state index < -0.39 is 6.10 Å². The van der Waals surface area contributed by atoms with Gasteiger partial charge in [0, 0.05) is 19.4 Å². The van der Waals surface area contributed by atoms with Crippen LogP contribution in [0.4, 0.5) is 0 Å². The summed E-state index contributed by atoms with van der Waals surface area (Å²) in [7, 11) is 1.76. The number of imidazole rings is 1. The maximum Gasteiger partial charge on any atom is 0.265 e. The van der Waals surface area contributed by atoms with E-state index in [0.29, 0.717) is 4.88 Å². The largest absolute Gasteiger partial charge is 0.389 e. The Bertz CT molecular complexity index is 667. The minimum absolute atomic E-state index is 0.0213. The summed E-state index contributed by atoms with van der Waals surface area (Å²) in [6.45, 7) is 3.75. The van der Waals surface area contributed by atoms with Crippen molar-refractivity contribution in [2.24, 2.45) is 0 Å². The fraction of sp³-hybridized carbons (Fsp3) is 0.533. The van der Waals surface area contributed by atoms with Crippen LogP contribution >= 0.6 is 11.3 Å². The molecule has 0 aliphatic heterocycles. The third-order valence-electron chi connectivity index (χ3n) is 4.37. The van der Waals surface area contributed by atoms with E-state index in [4.69, 9.17) is 0 Å². The highest BCUT2D eigenvalue weighted by Gasteiger charge is 2.40. The van der Waals surface area contributed by atoms with Crippen molar-refractivity contribution in [3.05, 3.63) is 34.3 Å². The van der Waals surface area contributed by atoms with Crippen LogP contribution in [0.3, 0.4) is 0 Å². The zero-order chi connectivity index (χ0) is 15.9. The van der Waals surface area contributed by atoms with Gasteiger partial charge >= 0.3 is 0 Å². The first-order valence-corrected chi connectivity index (χ1v) is 8.17. The Balaban J connectivity index is 1.77. The third-order valence-corrected chi connectivity index (χ3v) is 5.43. The van der Waals surface area contributed by atoms with E-state index in [1.807, 2.05) is 24.6 Å². The van der Waals surface area contributed by atoms with Crippen molar-refractivity contribution < 1.29 is 9.90 Å². The third kappa shape index (κ3) is 2.55. The number of rotatable bonds is 3. The maximum absolute atomic E-state index is 12.7. The molecule has 1 aliphatic carbocycles. The molecule has 0 radical (unpaired) electrons. The molecule has 0 saturated heterocycles. The molecular weight excluding hydrogens is 300 g/mol. The lowest BCUT2D eigenvalue weighted by Gasteiger charge is -2.28. The van der Waals surface area contributed by atoms with Crippen LogP contribution in [0.1, 0.15) is 39.3 Å². The van der Waals surface area contributed by atoms with Gasteiger partial charge in [0.1, 0.15) is 4.88 Å². The minimum atomic E-state index is -0.586. The molecule has 0 aromatic carbocycles. The van der Waals surface area contributed by atoms with Crippen molar-refractivity contribution in [3.8, 4) is 0 Å². The van der Waals surface area contributed by atoms with Crippen LogP contribution < -0.4 is 0 Å². The fourth-order valence-electron chi connectivity index (χ4n) is 3.19. The number of carbonyl (C=O) groups excluding carboxylic acids is 1. The topological polar surface area (TPSA) is 71.2 Å². The first-order valence-electron chi connectivity index (χ1n) is 7.35. The van der Waals surface area contributed by atoms with Gasteiger partial charge < -0.3 is 14.6 Å². The van der Waals surface area contributed by atoms with Crippen LogP contribution in [-0.2, 0) is 0 Å². The lowest BCUT2D eigenvalue weighted by atomic mass is 10.1. The van der Waals surface area contributed by atoms with E-state index in [-0.39, 0.29) is 18.0 Å².